The maximum atomic E-state index is 12.8. The second-order valence-corrected chi connectivity index (χ2v) is 7.52. The lowest BCUT2D eigenvalue weighted by Crippen LogP contribution is -2.39. The Kier molecular flexibility index (Phi) is 5.40. The Bertz CT molecular complexity index is 560. The van der Waals surface area contributed by atoms with Crippen LogP contribution in [0.15, 0.2) is 5.03 Å². The van der Waals surface area contributed by atoms with Crippen LogP contribution >= 0.6 is 0 Å². The summed E-state index contributed by atoms with van der Waals surface area (Å²) in [6.45, 7) is 8.56. The zero-order chi connectivity index (χ0) is 15.5. The molecule has 0 radical (unpaired) electrons. The van der Waals surface area contributed by atoms with Crippen molar-refractivity contribution < 1.29 is 8.42 Å². The molecule has 7 heteroatoms. The van der Waals surface area contributed by atoms with E-state index in [4.69, 9.17) is 0 Å². The fraction of sp³-hybridized carbons (Fsp3) is 0.786. The summed E-state index contributed by atoms with van der Waals surface area (Å²) in [6.07, 6.45) is 3.02. The lowest BCUT2D eigenvalue weighted by atomic mass is 9.96. The van der Waals surface area contributed by atoms with Gasteiger partial charge in [-0.1, -0.05) is 20.3 Å². The van der Waals surface area contributed by atoms with Crippen molar-refractivity contribution in [3.63, 3.8) is 0 Å². The molecule has 1 aromatic heterocycles. The maximum absolute atomic E-state index is 12.8. The highest BCUT2D eigenvalue weighted by Crippen LogP contribution is 2.26. The quantitative estimate of drug-likeness (QED) is 0.837. The Morgan fingerprint density at radius 1 is 1.33 bits per heavy atom. The van der Waals surface area contributed by atoms with E-state index in [1.54, 1.807) is 4.31 Å². The van der Waals surface area contributed by atoms with Crippen molar-refractivity contribution in [1.29, 1.82) is 0 Å². The van der Waals surface area contributed by atoms with Gasteiger partial charge in [-0.05, 0) is 32.2 Å². The number of piperidine rings is 1. The molecule has 1 saturated heterocycles. The Hall–Kier alpha value is -0.920. The van der Waals surface area contributed by atoms with Gasteiger partial charge in [-0.3, -0.25) is 5.10 Å². The fourth-order valence-electron chi connectivity index (χ4n) is 2.78. The highest BCUT2D eigenvalue weighted by atomic mass is 32.2. The van der Waals surface area contributed by atoms with Gasteiger partial charge >= 0.3 is 0 Å². The first kappa shape index (κ1) is 16.5. The Morgan fingerprint density at radius 3 is 2.57 bits per heavy atom. The smallest absolute Gasteiger partial charge is 0.262 e. The normalized spacial score (nSPS) is 18.2. The van der Waals surface area contributed by atoms with Gasteiger partial charge in [0.25, 0.3) is 10.0 Å². The number of sulfonamides is 1. The van der Waals surface area contributed by atoms with E-state index in [1.807, 2.05) is 13.8 Å². The van der Waals surface area contributed by atoms with Crippen LogP contribution in [0.5, 0.6) is 0 Å². The molecular weight excluding hydrogens is 288 g/mol. The number of aryl methyl sites for hydroxylation is 1. The number of nitrogens with zero attached hydrogens (tertiary/aromatic N) is 2. The molecule has 2 rings (SSSR count). The third kappa shape index (κ3) is 3.46. The van der Waals surface area contributed by atoms with Gasteiger partial charge in [-0.25, -0.2) is 8.42 Å². The maximum Gasteiger partial charge on any atom is 0.262 e. The first-order valence-corrected chi connectivity index (χ1v) is 9.19. The number of hydrogen-bond acceptors (Lipinski definition) is 4. The summed E-state index contributed by atoms with van der Waals surface area (Å²) in [5, 5.41) is 10.2. The van der Waals surface area contributed by atoms with E-state index in [-0.39, 0.29) is 5.03 Å². The summed E-state index contributed by atoms with van der Waals surface area (Å²) >= 11 is 0. The van der Waals surface area contributed by atoms with Gasteiger partial charge in [-0.2, -0.15) is 9.40 Å². The van der Waals surface area contributed by atoms with Crippen molar-refractivity contribution in [3.05, 3.63) is 11.3 Å². The van der Waals surface area contributed by atoms with Crippen LogP contribution in [0.4, 0.5) is 0 Å². The van der Waals surface area contributed by atoms with E-state index >= 15 is 0 Å². The zero-order valence-corrected chi connectivity index (χ0v) is 14.0. The number of hydrogen-bond donors (Lipinski definition) is 2. The van der Waals surface area contributed by atoms with Gasteiger partial charge in [0.05, 0.1) is 0 Å². The van der Waals surface area contributed by atoms with Gasteiger partial charge in [0.15, 0.2) is 5.03 Å². The molecule has 0 bridgehead atoms. The monoisotopic (exact) mass is 314 g/mol. The van der Waals surface area contributed by atoms with Crippen LogP contribution in [-0.2, 0) is 16.6 Å². The average molecular weight is 314 g/mol. The molecule has 2 heterocycles. The second-order valence-electron chi connectivity index (χ2n) is 5.67. The summed E-state index contributed by atoms with van der Waals surface area (Å²) in [7, 11) is -3.48. The first-order chi connectivity index (χ1) is 10.0. The number of rotatable bonds is 6. The molecule has 1 aliphatic heterocycles. The standard InChI is InChI=1S/C14H26N4O2S/c1-4-12-6-8-18(9-7-12)21(19,20)14-13(10-15-5-2)11(3)16-17-14/h12,15H,4-10H2,1-3H3,(H,16,17). The molecule has 21 heavy (non-hydrogen) atoms. The van der Waals surface area contributed by atoms with Crippen molar-refractivity contribution in [2.45, 2.75) is 51.6 Å². The Balaban J connectivity index is 2.20. The van der Waals surface area contributed by atoms with E-state index in [0.717, 1.165) is 37.1 Å². The van der Waals surface area contributed by atoms with E-state index < -0.39 is 10.0 Å². The van der Waals surface area contributed by atoms with E-state index in [2.05, 4.69) is 22.4 Å². The van der Waals surface area contributed by atoms with Crippen LogP contribution in [-0.4, -0.2) is 42.6 Å². The Labute approximate surface area is 127 Å². The molecule has 1 aliphatic rings. The number of H-pyrrole nitrogens is 1. The first-order valence-electron chi connectivity index (χ1n) is 7.75. The largest absolute Gasteiger partial charge is 0.313 e. The highest BCUT2D eigenvalue weighted by molar-refractivity contribution is 7.89. The third-order valence-corrected chi connectivity index (χ3v) is 6.19. The van der Waals surface area contributed by atoms with Crippen LogP contribution in [0.2, 0.25) is 0 Å². The lowest BCUT2D eigenvalue weighted by Gasteiger charge is -2.30. The molecule has 120 valence electrons. The van der Waals surface area contributed by atoms with Crippen molar-refractivity contribution in [1.82, 2.24) is 19.8 Å². The molecule has 0 saturated carbocycles. The van der Waals surface area contributed by atoms with Crippen molar-refractivity contribution in [2.75, 3.05) is 19.6 Å². The van der Waals surface area contributed by atoms with Crippen LogP contribution in [0.3, 0.4) is 0 Å². The lowest BCUT2D eigenvalue weighted by molar-refractivity contribution is 0.268. The molecule has 6 nitrogen and oxygen atoms in total. The van der Waals surface area contributed by atoms with Gasteiger partial charge in [-0.15, -0.1) is 0 Å². The summed E-state index contributed by atoms with van der Waals surface area (Å²) in [4.78, 5) is 0. The van der Waals surface area contributed by atoms with Crippen LogP contribution in [0.25, 0.3) is 0 Å². The number of aromatic amines is 1. The molecule has 0 spiro atoms. The molecule has 1 aromatic rings. The molecule has 0 atom stereocenters. The summed E-state index contributed by atoms with van der Waals surface area (Å²) < 4.78 is 27.2. The third-order valence-electron chi connectivity index (χ3n) is 4.32. The minimum Gasteiger partial charge on any atom is -0.313 e. The Morgan fingerprint density at radius 2 is 2.00 bits per heavy atom. The minimum atomic E-state index is -3.48. The van der Waals surface area contributed by atoms with Crippen LogP contribution < -0.4 is 5.32 Å². The molecule has 0 aliphatic carbocycles. The number of aromatic nitrogens is 2. The zero-order valence-electron chi connectivity index (χ0n) is 13.1. The fourth-order valence-corrected chi connectivity index (χ4v) is 4.42. The topological polar surface area (TPSA) is 78.1 Å². The molecule has 0 unspecified atom stereocenters. The predicted molar refractivity (Wildman–Crippen MR) is 82.5 cm³/mol. The van der Waals surface area contributed by atoms with Crippen molar-refractivity contribution in [2.24, 2.45) is 5.92 Å². The second kappa shape index (κ2) is 6.89. The van der Waals surface area contributed by atoms with E-state index in [1.165, 1.54) is 0 Å². The molecular formula is C14H26N4O2S. The summed E-state index contributed by atoms with van der Waals surface area (Å²) in [5.41, 5.74) is 1.58. The summed E-state index contributed by atoms with van der Waals surface area (Å²) in [6, 6.07) is 0. The van der Waals surface area contributed by atoms with Crippen molar-refractivity contribution in [3.8, 4) is 0 Å². The summed E-state index contributed by atoms with van der Waals surface area (Å²) in [5.74, 6) is 0.651. The molecule has 0 aromatic carbocycles. The number of nitrogens with one attached hydrogen (secondary N) is 2. The minimum absolute atomic E-state index is 0.191. The molecule has 1 fully saturated rings. The molecule has 0 amide bonds. The highest BCUT2D eigenvalue weighted by Gasteiger charge is 2.32. The van der Waals surface area contributed by atoms with Crippen LogP contribution in [0, 0.1) is 12.8 Å². The molecule has 2 N–H and O–H groups in total. The van der Waals surface area contributed by atoms with Gasteiger partial charge in [0, 0.05) is 30.9 Å². The van der Waals surface area contributed by atoms with E-state index in [9.17, 15) is 8.42 Å². The van der Waals surface area contributed by atoms with Gasteiger partial charge < -0.3 is 5.32 Å². The predicted octanol–water partition coefficient (Wildman–Crippen LogP) is 1.64. The van der Waals surface area contributed by atoms with Crippen LogP contribution in [0.1, 0.15) is 44.4 Å². The average Bonchev–Trinajstić information content (AvgIpc) is 2.87. The SMILES string of the molecule is CCNCc1c(S(=O)(=O)N2CCC(CC)CC2)n[nH]c1C. The van der Waals surface area contributed by atoms with Gasteiger partial charge in [0.2, 0.25) is 0 Å². The van der Waals surface area contributed by atoms with E-state index in [0.29, 0.717) is 25.6 Å². The van der Waals surface area contributed by atoms with Gasteiger partial charge in [0.1, 0.15) is 0 Å². The van der Waals surface area contributed by atoms with Crippen molar-refractivity contribution >= 4 is 10.0 Å².